The van der Waals surface area contributed by atoms with Crippen molar-refractivity contribution in [3.63, 3.8) is 0 Å². The van der Waals surface area contributed by atoms with Crippen LogP contribution < -0.4 is 0 Å². The van der Waals surface area contributed by atoms with Gasteiger partial charge in [0, 0.05) is 19.5 Å². The van der Waals surface area contributed by atoms with Crippen LogP contribution in [0.25, 0.3) is 11.5 Å². The van der Waals surface area contributed by atoms with E-state index in [1.165, 1.54) is 13.3 Å². The first-order valence-corrected chi connectivity index (χ1v) is 5.09. The number of aromatic amines is 1. The number of nitrogens with zero attached hydrogens (tertiary/aromatic N) is 3. The van der Waals surface area contributed by atoms with Gasteiger partial charge in [-0.3, -0.25) is 9.59 Å². The average molecular weight is 232 g/mol. The van der Waals surface area contributed by atoms with Gasteiger partial charge in [-0.25, -0.2) is 0 Å². The third-order valence-electron chi connectivity index (χ3n) is 2.70. The molecule has 0 radical (unpaired) electrons. The van der Waals surface area contributed by atoms with Crippen LogP contribution in [0.1, 0.15) is 33.3 Å². The Morgan fingerprint density at radius 2 is 2.24 bits per heavy atom. The van der Waals surface area contributed by atoms with Gasteiger partial charge in [-0.15, -0.1) is 10.2 Å². The Balaban J connectivity index is 2.70. The second kappa shape index (κ2) is 3.97. The number of hydrogen-bond donors (Lipinski definition) is 1. The lowest BCUT2D eigenvalue weighted by Crippen LogP contribution is -1.96. The monoisotopic (exact) mass is 232 g/mol. The molecule has 0 saturated carbocycles. The van der Waals surface area contributed by atoms with Gasteiger partial charge in [-0.05, 0) is 12.5 Å². The normalized spacial score (nSPS) is 10.5. The maximum atomic E-state index is 11.4. The highest BCUT2D eigenvalue weighted by atomic mass is 16.1. The minimum Gasteiger partial charge on any atom is -0.349 e. The van der Waals surface area contributed by atoms with Crippen molar-refractivity contribution < 1.29 is 9.59 Å². The summed E-state index contributed by atoms with van der Waals surface area (Å²) >= 11 is 0. The largest absolute Gasteiger partial charge is 0.349 e. The van der Waals surface area contributed by atoms with Gasteiger partial charge in [0.05, 0.1) is 11.4 Å². The molecule has 0 saturated heterocycles. The van der Waals surface area contributed by atoms with Crippen molar-refractivity contribution in [2.24, 2.45) is 7.05 Å². The number of carbonyl (C=O) groups excluding carboxylic acids is 2. The van der Waals surface area contributed by atoms with E-state index in [1.54, 1.807) is 18.5 Å². The number of aryl methyl sites for hydroxylation is 1. The number of nitrogens with one attached hydrogen (secondary N) is 1. The van der Waals surface area contributed by atoms with Crippen LogP contribution in [-0.2, 0) is 7.05 Å². The quantitative estimate of drug-likeness (QED) is 0.635. The molecule has 0 bridgehead atoms. The fourth-order valence-electron chi connectivity index (χ4n) is 1.79. The number of rotatable bonds is 3. The van der Waals surface area contributed by atoms with Crippen molar-refractivity contribution in [2.45, 2.75) is 13.8 Å². The van der Waals surface area contributed by atoms with Crippen molar-refractivity contribution in [1.82, 2.24) is 19.7 Å². The van der Waals surface area contributed by atoms with E-state index in [9.17, 15) is 9.59 Å². The molecule has 0 aliphatic carbocycles. The Kier molecular flexibility index (Phi) is 2.63. The first-order chi connectivity index (χ1) is 8.06. The molecule has 0 spiro atoms. The van der Waals surface area contributed by atoms with Gasteiger partial charge in [-0.2, -0.15) is 0 Å². The van der Waals surface area contributed by atoms with E-state index in [4.69, 9.17) is 0 Å². The standard InChI is InChI=1S/C11H12N4O2/c1-6-8(4-16)10(13-9(6)7(2)17)11-14-12-5-15(11)3/h4-5,13H,1-3H3. The summed E-state index contributed by atoms with van der Waals surface area (Å²) in [6.07, 6.45) is 2.26. The minimum absolute atomic E-state index is 0.112. The number of aromatic nitrogens is 4. The maximum absolute atomic E-state index is 11.4. The summed E-state index contributed by atoms with van der Waals surface area (Å²) in [5.74, 6) is 0.418. The lowest BCUT2D eigenvalue weighted by Gasteiger charge is -1.98. The number of Topliss-reactive ketones (excluding diaryl/α,β-unsaturated/α-hetero) is 1. The van der Waals surface area contributed by atoms with E-state index in [-0.39, 0.29) is 5.78 Å². The van der Waals surface area contributed by atoms with Gasteiger partial charge >= 0.3 is 0 Å². The zero-order valence-corrected chi connectivity index (χ0v) is 9.81. The van der Waals surface area contributed by atoms with Crippen LogP contribution in [0.2, 0.25) is 0 Å². The maximum Gasteiger partial charge on any atom is 0.180 e. The van der Waals surface area contributed by atoms with Crippen LogP contribution in [-0.4, -0.2) is 31.8 Å². The molecule has 0 unspecified atom stereocenters. The highest BCUT2D eigenvalue weighted by molar-refractivity contribution is 5.99. The third kappa shape index (κ3) is 1.67. The first-order valence-electron chi connectivity index (χ1n) is 5.09. The second-order valence-corrected chi connectivity index (χ2v) is 3.85. The topological polar surface area (TPSA) is 80.6 Å². The molecule has 2 rings (SSSR count). The Hall–Kier alpha value is -2.24. The lowest BCUT2D eigenvalue weighted by atomic mass is 10.1. The van der Waals surface area contributed by atoms with E-state index < -0.39 is 0 Å². The van der Waals surface area contributed by atoms with Crippen LogP contribution in [0.3, 0.4) is 0 Å². The van der Waals surface area contributed by atoms with E-state index in [1.807, 2.05) is 0 Å². The molecule has 6 nitrogen and oxygen atoms in total. The van der Waals surface area contributed by atoms with E-state index >= 15 is 0 Å². The van der Waals surface area contributed by atoms with Crippen LogP contribution >= 0.6 is 0 Å². The summed E-state index contributed by atoms with van der Waals surface area (Å²) in [5.41, 5.74) is 2.06. The van der Waals surface area contributed by atoms with Gasteiger partial charge in [0.1, 0.15) is 6.33 Å². The minimum atomic E-state index is -0.112. The van der Waals surface area contributed by atoms with E-state index in [2.05, 4.69) is 15.2 Å². The molecular formula is C11H12N4O2. The SMILES string of the molecule is CC(=O)c1[nH]c(-c2nncn2C)c(C=O)c1C. The van der Waals surface area contributed by atoms with Crippen LogP contribution in [0.5, 0.6) is 0 Å². The molecule has 0 aromatic carbocycles. The predicted octanol–water partition coefficient (Wildman–Crippen LogP) is 1.13. The van der Waals surface area contributed by atoms with E-state index in [0.717, 1.165) is 6.29 Å². The number of carbonyl (C=O) groups is 2. The molecule has 0 aliphatic rings. The number of aldehydes is 1. The third-order valence-corrected chi connectivity index (χ3v) is 2.70. The number of H-pyrrole nitrogens is 1. The fraction of sp³-hybridized carbons (Fsp3) is 0.273. The zero-order valence-electron chi connectivity index (χ0n) is 9.81. The number of ketones is 1. The fourth-order valence-corrected chi connectivity index (χ4v) is 1.79. The number of hydrogen-bond acceptors (Lipinski definition) is 4. The molecule has 0 aliphatic heterocycles. The zero-order chi connectivity index (χ0) is 12.6. The van der Waals surface area contributed by atoms with Crippen molar-refractivity contribution in [2.75, 3.05) is 0 Å². The predicted molar refractivity (Wildman–Crippen MR) is 60.9 cm³/mol. The van der Waals surface area contributed by atoms with Crippen LogP contribution in [0.15, 0.2) is 6.33 Å². The lowest BCUT2D eigenvalue weighted by molar-refractivity contribution is 0.101. The molecule has 17 heavy (non-hydrogen) atoms. The van der Waals surface area contributed by atoms with Crippen molar-refractivity contribution in [1.29, 1.82) is 0 Å². The molecule has 2 aromatic rings. The summed E-state index contributed by atoms with van der Waals surface area (Å²) in [5, 5.41) is 7.67. The Morgan fingerprint density at radius 1 is 1.53 bits per heavy atom. The van der Waals surface area contributed by atoms with Gasteiger partial charge in [0.15, 0.2) is 17.9 Å². The van der Waals surface area contributed by atoms with Crippen molar-refractivity contribution in [3.05, 3.63) is 23.1 Å². The summed E-state index contributed by atoms with van der Waals surface area (Å²) in [7, 11) is 1.77. The average Bonchev–Trinajstić information content (AvgIpc) is 2.81. The summed E-state index contributed by atoms with van der Waals surface area (Å²) < 4.78 is 1.68. The first kappa shape index (κ1) is 11.3. The smallest absolute Gasteiger partial charge is 0.180 e. The molecule has 1 N–H and O–H groups in total. The van der Waals surface area contributed by atoms with Gasteiger partial charge in [0.2, 0.25) is 0 Å². The van der Waals surface area contributed by atoms with Crippen LogP contribution in [0.4, 0.5) is 0 Å². The van der Waals surface area contributed by atoms with Crippen molar-refractivity contribution in [3.8, 4) is 11.5 Å². The second-order valence-electron chi connectivity index (χ2n) is 3.85. The summed E-state index contributed by atoms with van der Waals surface area (Å²) in [6, 6.07) is 0. The molecule has 0 amide bonds. The molecule has 2 heterocycles. The van der Waals surface area contributed by atoms with Gasteiger partial charge < -0.3 is 9.55 Å². The molecule has 0 atom stereocenters. The molecule has 2 aromatic heterocycles. The summed E-state index contributed by atoms with van der Waals surface area (Å²) in [4.78, 5) is 25.5. The van der Waals surface area contributed by atoms with Gasteiger partial charge in [-0.1, -0.05) is 0 Å². The summed E-state index contributed by atoms with van der Waals surface area (Å²) in [6.45, 7) is 3.19. The molecule has 0 fully saturated rings. The molecular weight excluding hydrogens is 220 g/mol. The van der Waals surface area contributed by atoms with E-state index in [0.29, 0.717) is 28.3 Å². The molecule has 6 heteroatoms. The molecule has 88 valence electrons. The van der Waals surface area contributed by atoms with Crippen LogP contribution in [0, 0.1) is 6.92 Å². The Labute approximate surface area is 97.7 Å². The highest BCUT2D eigenvalue weighted by Gasteiger charge is 2.20. The van der Waals surface area contributed by atoms with Crippen molar-refractivity contribution >= 4 is 12.1 Å². The van der Waals surface area contributed by atoms with Gasteiger partial charge in [0.25, 0.3) is 0 Å². The Bertz CT molecular complexity index is 595. The Morgan fingerprint density at radius 3 is 2.71 bits per heavy atom. The highest BCUT2D eigenvalue weighted by Crippen LogP contribution is 2.24.